The van der Waals surface area contributed by atoms with Crippen molar-refractivity contribution < 1.29 is 19.6 Å². The van der Waals surface area contributed by atoms with Crippen molar-refractivity contribution in [3.8, 4) is 0 Å². The van der Waals surface area contributed by atoms with E-state index in [0.717, 1.165) is 18.0 Å². The molecule has 0 radical (unpaired) electrons. The molecule has 1 aliphatic rings. The molecular formula is C8H14N2O3. The van der Waals surface area contributed by atoms with E-state index in [4.69, 9.17) is 0 Å². The molecule has 5 heteroatoms. The normalized spacial score (nSPS) is 22.5. The summed E-state index contributed by atoms with van der Waals surface area (Å²) in [6.07, 6.45) is 0.677. The molecule has 0 aliphatic carbocycles. The third-order valence-electron chi connectivity index (χ3n) is 2.12. The number of carboxylic acids is 1. The lowest BCUT2D eigenvalue weighted by Crippen LogP contribution is -3.15. The van der Waals surface area contributed by atoms with E-state index in [0.29, 0.717) is 19.5 Å². The van der Waals surface area contributed by atoms with Gasteiger partial charge < -0.3 is 20.1 Å². The van der Waals surface area contributed by atoms with Crippen LogP contribution < -0.4 is 15.3 Å². The highest BCUT2D eigenvalue weighted by molar-refractivity contribution is 5.77. The average Bonchev–Trinajstić information content (AvgIpc) is 2.03. The molecule has 1 atom stereocenters. The zero-order chi connectivity index (χ0) is 9.68. The Bertz CT molecular complexity index is 206. The number of carbonyl (C=O) groups excluding carboxylic acids is 2. The minimum absolute atomic E-state index is 0.0506. The number of nitrogens with one attached hydrogen (secondary N) is 2. The smallest absolute Gasteiger partial charge is 0.275 e. The summed E-state index contributed by atoms with van der Waals surface area (Å²) in [6.45, 7) is 2.78. The van der Waals surface area contributed by atoms with Crippen LogP contribution in [0.15, 0.2) is 0 Å². The molecule has 0 aromatic carbocycles. The molecule has 1 amide bonds. The second-order valence-electron chi connectivity index (χ2n) is 3.25. The Labute approximate surface area is 76.7 Å². The Morgan fingerprint density at radius 2 is 2.38 bits per heavy atom. The molecule has 1 rings (SSSR count). The summed E-state index contributed by atoms with van der Waals surface area (Å²) in [6, 6.07) is 0. The van der Waals surface area contributed by atoms with E-state index in [-0.39, 0.29) is 12.3 Å². The Hall–Kier alpha value is -1.10. The van der Waals surface area contributed by atoms with Crippen LogP contribution in [-0.2, 0) is 9.59 Å². The van der Waals surface area contributed by atoms with Gasteiger partial charge in [-0.3, -0.25) is 4.79 Å². The number of carboxylic acid groups (broad SMARTS) is 1. The first-order valence-electron chi connectivity index (χ1n) is 4.48. The van der Waals surface area contributed by atoms with Gasteiger partial charge in [-0.2, -0.15) is 0 Å². The standard InChI is InChI=1S/C8H14N2O3/c11-7-6-10(5-3-9-7)4-1-2-8(12)13/h1-6H2,(H,9,11)(H,12,13). The van der Waals surface area contributed by atoms with Crippen LogP contribution in [0.5, 0.6) is 0 Å². The van der Waals surface area contributed by atoms with Gasteiger partial charge in [-0.1, -0.05) is 0 Å². The van der Waals surface area contributed by atoms with Crippen molar-refractivity contribution in [1.29, 1.82) is 0 Å². The first-order chi connectivity index (χ1) is 6.18. The summed E-state index contributed by atoms with van der Waals surface area (Å²) < 4.78 is 0. The maximum absolute atomic E-state index is 10.9. The van der Waals surface area contributed by atoms with E-state index in [2.05, 4.69) is 5.32 Å². The monoisotopic (exact) mass is 186 g/mol. The quantitative estimate of drug-likeness (QED) is 0.479. The Balaban J connectivity index is 2.13. The third kappa shape index (κ3) is 3.89. The van der Waals surface area contributed by atoms with Crippen LogP contribution in [0.25, 0.3) is 0 Å². The molecule has 13 heavy (non-hydrogen) atoms. The molecule has 74 valence electrons. The summed E-state index contributed by atoms with van der Waals surface area (Å²) in [5, 5.41) is 12.8. The van der Waals surface area contributed by atoms with E-state index < -0.39 is 5.97 Å². The van der Waals surface area contributed by atoms with Crippen molar-refractivity contribution in [2.24, 2.45) is 0 Å². The number of piperazine rings is 1. The first-order valence-corrected chi connectivity index (χ1v) is 4.48. The van der Waals surface area contributed by atoms with E-state index in [1.54, 1.807) is 0 Å². The molecule has 0 spiro atoms. The fourth-order valence-corrected chi connectivity index (χ4v) is 1.45. The lowest BCUT2D eigenvalue weighted by atomic mass is 10.2. The topological polar surface area (TPSA) is 73.7 Å². The molecule has 5 nitrogen and oxygen atoms in total. The van der Waals surface area contributed by atoms with Gasteiger partial charge in [-0.25, -0.2) is 0 Å². The average molecular weight is 186 g/mol. The highest BCUT2D eigenvalue weighted by atomic mass is 16.4. The predicted octanol–water partition coefficient (Wildman–Crippen LogP) is -3.47. The molecule has 2 N–H and O–H groups in total. The van der Waals surface area contributed by atoms with Gasteiger partial charge in [-0.05, 0) is 6.42 Å². The summed E-state index contributed by atoms with van der Waals surface area (Å²) in [5.74, 6) is -0.962. The molecule has 0 saturated carbocycles. The minimum Gasteiger partial charge on any atom is -0.550 e. The van der Waals surface area contributed by atoms with Crippen molar-refractivity contribution in [2.45, 2.75) is 12.8 Å². The largest absolute Gasteiger partial charge is 0.550 e. The zero-order valence-corrected chi connectivity index (χ0v) is 7.47. The number of carbonyl (C=O) groups is 2. The van der Waals surface area contributed by atoms with E-state index >= 15 is 0 Å². The summed E-state index contributed by atoms with van der Waals surface area (Å²) in [5.41, 5.74) is 0. The van der Waals surface area contributed by atoms with Gasteiger partial charge in [0.15, 0.2) is 6.54 Å². The molecule has 0 aromatic heterocycles. The van der Waals surface area contributed by atoms with Crippen molar-refractivity contribution in [3.63, 3.8) is 0 Å². The molecule has 1 heterocycles. The maximum Gasteiger partial charge on any atom is 0.275 e. The van der Waals surface area contributed by atoms with Crippen molar-refractivity contribution >= 4 is 11.9 Å². The van der Waals surface area contributed by atoms with Crippen LogP contribution >= 0.6 is 0 Å². The zero-order valence-electron chi connectivity index (χ0n) is 7.47. The molecule has 1 fully saturated rings. The number of aliphatic carboxylic acids is 1. The van der Waals surface area contributed by atoms with Crippen LogP contribution in [0.3, 0.4) is 0 Å². The van der Waals surface area contributed by atoms with E-state index in [9.17, 15) is 14.7 Å². The molecule has 0 bridgehead atoms. The second-order valence-corrected chi connectivity index (χ2v) is 3.25. The van der Waals surface area contributed by atoms with E-state index in [1.165, 1.54) is 0 Å². The van der Waals surface area contributed by atoms with Gasteiger partial charge in [-0.15, -0.1) is 0 Å². The Kier molecular flexibility index (Phi) is 3.70. The van der Waals surface area contributed by atoms with Crippen LogP contribution in [0.1, 0.15) is 12.8 Å². The predicted molar refractivity (Wildman–Crippen MR) is 42.8 cm³/mol. The number of rotatable bonds is 4. The Morgan fingerprint density at radius 1 is 1.62 bits per heavy atom. The maximum atomic E-state index is 10.9. The summed E-state index contributed by atoms with van der Waals surface area (Å²) in [4.78, 5) is 22.2. The van der Waals surface area contributed by atoms with Crippen LogP contribution in [0, 0.1) is 0 Å². The summed E-state index contributed by atoms with van der Waals surface area (Å²) in [7, 11) is 0. The SMILES string of the molecule is O=C([O-])CCC[NH+]1CCNC(=O)C1. The lowest BCUT2D eigenvalue weighted by molar-refractivity contribution is -0.893. The fourth-order valence-electron chi connectivity index (χ4n) is 1.45. The first kappa shape index (κ1) is 9.98. The van der Waals surface area contributed by atoms with Gasteiger partial charge in [0.2, 0.25) is 0 Å². The minimum atomic E-state index is -1.01. The molecule has 0 aromatic rings. The van der Waals surface area contributed by atoms with Gasteiger partial charge in [0.25, 0.3) is 5.91 Å². The molecular weight excluding hydrogens is 172 g/mol. The fraction of sp³-hybridized carbons (Fsp3) is 0.750. The third-order valence-corrected chi connectivity index (χ3v) is 2.12. The van der Waals surface area contributed by atoms with Crippen molar-refractivity contribution in [2.75, 3.05) is 26.2 Å². The number of hydrogen-bond acceptors (Lipinski definition) is 3. The molecule has 1 aliphatic heterocycles. The number of quaternary nitrogens is 1. The molecule has 1 unspecified atom stereocenters. The Morgan fingerprint density at radius 3 is 3.00 bits per heavy atom. The van der Waals surface area contributed by atoms with E-state index in [1.807, 2.05) is 0 Å². The van der Waals surface area contributed by atoms with Crippen LogP contribution in [-0.4, -0.2) is 38.1 Å². The number of amides is 1. The van der Waals surface area contributed by atoms with Crippen molar-refractivity contribution in [3.05, 3.63) is 0 Å². The van der Waals surface area contributed by atoms with Crippen LogP contribution in [0.2, 0.25) is 0 Å². The highest BCUT2D eigenvalue weighted by Gasteiger charge is 2.18. The van der Waals surface area contributed by atoms with Crippen LogP contribution in [0.4, 0.5) is 0 Å². The molecule has 1 saturated heterocycles. The van der Waals surface area contributed by atoms with Crippen molar-refractivity contribution in [1.82, 2.24) is 5.32 Å². The highest BCUT2D eigenvalue weighted by Crippen LogP contribution is 1.81. The van der Waals surface area contributed by atoms with Gasteiger partial charge >= 0.3 is 0 Å². The summed E-state index contributed by atoms with van der Waals surface area (Å²) >= 11 is 0. The second kappa shape index (κ2) is 4.81. The van der Waals surface area contributed by atoms with Gasteiger partial charge in [0.05, 0.1) is 19.6 Å². The number of hydrogen-bond donors (Lipinski definition) is 2. The van der Waals surface area contributed by atoms with Gasteiger partial charge in [0, 0.05) is 12.4 Å². The van der Waals surface area contributed by atoms with Gasteiger partial charge in [0.1, 0.15) is 0 Å². The lowest BCUT2D eigenvalue weighted by Gasteiger charge is -2.23.